The van der Waals surface area contributed by atoms with Crippen molar-refractivity contribution in [3.05, 3.63) is 24.3 Å². The van der Waals surface area contributed by atoms with Crippen LogP contribution in [0.5, 0.6) is 0 Å². The minimum atomic E-state index is -4.45. The van der Waals surface area contributed by atoms with Crippen molar-refractivity contribution >= 4 is 19.7 Å². The fourth-order valence-electron chi connectivity index (χ4n) is 10.9. The summed E-state index contributed by atoms with van der Waals surface area (Å²) in [6.07, 6.45) is 74.7. The van der Waals surface area contributed by atoms with Gasteiger partial charge in [-0.3, -0.25) is 18.6 Å². The molecular formula is C71H140N2O7P+. The molecule has 0 saturated carbocycles. The van der Waals surface area contributed by atoms with Gasteiger partial charge in [0.2, 0.25) is 5.91 Å². The Bertz CT molecular complexity index is 1430. The van der Waals surface area contributed by atoms with Crippen molar-refractivity contribution in [2.75, 3.05) is 40.9 Å². The number of carbonyl (C=O) groups is 2. The number of allylic oxidation sites excluding steroid dienone is 3. The van der Waals surface area contributed by atoms with E-state index in [9.17, 15) is 19.0 Å². The van der Waals surface area contributed by atoms with Gasteiger partial charge in [0, 0.05) is 12.8 Å². The van der Waals surface area contributed by atoms with Crippen LogP contribution in [0.3, 0.4) is 0 Å². The van der Waals surface area contributed by atoms with Crippen LogP contribution in [0.2, 0.25) is 0 Å². The number of nitrogens with one attached hydrogen (secondary N) is 1. The van der Waals surface area contributed by atoms with E-state index in [-0.39, 0.29) is 25.1 Å². The first-order valence-electron chi connectivity index (χ1n) is 35.7. The summed E-state index contributed by atoms with van der Waals surface area (Å²) in [6.45, 7) is 7.08. The molecule has 3 unspecified atom stereocenters. The Hall–Kier alpha value is -1.51. The molecule has 81 heavy (non-hydrogen) atoms. The molecule has 1 amide bonds. The Morgan fingerprint density at radius 2 is 0.716 bits per heavy atom. The lowest BCUT2D eigenvalue weighted by Crippen LogP contribution is -2.47. The third kappa shape index (κ3) is 62.8. The number of phosphoric acid groups is 1. The average Bonchev–Trinajstić information content (AvgIpc) is 3.44. The number of nitrogens with zero attached hydrogens (tertiary/aromatic N) is 1. The second-order valence-electron chi connectivity index (χ2n) is 25.8. The molecule has 0 aromatic rings. The van der Waals surface area contributed by atoms with Crippen LogP contribution in [0.4, 0.5) is 0 Å². The zero-order valence-corrected chi connectivity index (χ0v) is 56.0. The van der Waals surface area contributed by atoms with Crippen molar-refractivity contribution in [3.63, 3.8) is 0 Å². The van der Waals surface area contributed by atoms with Crippen LogP contribution in [0, 0.1) is 0 Å². The normalized spacial score (nSPS) is 13.6. The summed E-state index contributed by atoms with van der Waals surface area (Å²) >= 11 is 0. The maximum atomic E-state index is 13.6. The quantitative estimate of drug-likeness (QED) is 0.0205. The molecule has 10 heteroatoms. The summed E-state index contributed by atoms with van der Waals surface area (Å²) in [5.41, 5.74) is 0. The SMILES string of the molecule is CCCCCCCC/C=C/CCCCCCCCCCCCCC(=O)NC(COP(=O)(O)OCC[N+](C)(C)C)C(/C=C/CCCCCCCCCCCCC)OC(=O)CCCCCCCCCCCCCCCCCCCCCCC. The van der Waals surface area contributed by atoms with Gasteiger partial charge in [0.05, 0.1) is 33.8 Å². The minimum Gasteiger partial charge on any atom is -0.456 e. The van der Waals surface area contributed by atoms with Gasteiger partial charge in [-0.05, 0) is 57.4 Å². The minimum absolute atomic E-state index is 0.0442. The zero-order chi connectivity index (χ0) is 59.3. The van der Waals surface area contributed by atoms with Crippen LogP contribution in [0.15, 0.2) is 24.3 Å². The topological polar surface area (TPSA) is 111 Å². The number of hydrogen-bond acceptors (Lipinski definition) is 6. The Morgan fingerprint density at radius 1 is 0.420 bits per heavy atom. The molecule has 480 valence electrons. The van der Waals surface area contributed by atoms with Gasteiger partial charge in [0.25, 0.3) is 0 Å². The molecule has 0 aliphatic carbocycles. The van der Waals surface area contributed by atoms with E-state index < -0.39 is 20.0 Å². The van der Waals surface area contributed by atoms with Gasteiger partial charge in [-0.2, -0.15) is 0 Å². The molecule has 3 atom stereocenters. The van der Waals surface area contributed by atoms with Crippen molar-refractivity contribution in [1.29, 1.82) is 0 Å². The zero-order valence-electron chi connectivity index (χ0n) is 55.1. The standard InChI is InChI=1S/C71H139N2O7P/c1-7-10-13-16-19-22-25-28-30-32-34-36-38-40-42-45-48-51-54-57-60-63-70(74)72-68(67-79-81(76,77)78-66-65-73(4,5)6)69(62-59-56-53-50-47-44-27-24-21-18-15-12-9-3)80-71(75)64-61-58-55-52-49-46-43-41-39-37-35-33-31-29-26-23-20-17-14-11-8-2/h28,30,59,62,68-69H,7-27,29,31-58,60-61,63-67H2,1-6H3,(H-,72,74,76,77)/p+1/b30-28+,62-59+. The van der Waals surface area contributed by atoms with Crippen molar-refractivity contribution < 1.29 is 37.3 Å². The summed E-state index contributed by atoms with van der Waals surface area (Å²) in [6, 6.07) is -0.844. The van der Waals surface area contributed by atoms with Crippen molar-refractivity contribution in [2.45, 2.75) is 380 Å². The first-order chi connectivity index (χ1) is 39.4. The second kappa shape index (κ2) is 61.6. The van der Waals surface area contributed by atoms with Gasteiger partial charge < -0.3 is 19.4 Å². The number of likely N-dealkylation sites (N-methyl/N-ethyl adjacent to an activating group) is 1. The summed E-state index contributed by atoms with van der Waals surface area (Å²) in [7, 11) is 1.52. The van der Waals surface area contributed by atoms with E-state index in [0.717, 1.165) is 57.8 Å². The molecule has 2 N–H and O–H groups in total. The highest BCUT2D eigenvalue weighted by molar-refractivity contribution is 7.47. The van der Waals surface area contributed by atoms with Crippen LogP contribution in [0.25, 0.3) is 0 Å². The second-order valence-corrected chi connectivity index (χ2v) is 27.2. The molecule has 0 bridgehead atoms. The smallest absolute Gasteiger partial charge is 0.456 e. The lowest BCUT2D eigenvalue weighted by atomic mass is 10.0. The van der Waals surface area contributed by atoms with Gasteiger partial charge >= 0.3 is 13.8 Å². The van der Waals surface area contributed by atoms with Crippen molar-refractivity contribution in [1.82, 2.24) is 5.32 Å². The molecule has 0 fully saturated rings. The molecule has 0 radical (unpaired) electrons. The number of ether oxygens (including phenoxy) is 1. The Labute approximate surface area is 504 Å². The fourth-order valence-corrected chi connectivity index (χ4v) is 11.6. The van der Waals surface area contributed by atoms with Crippen LogP contribution >= 0.6 is 7.82 Å². The maximum Gasteiger partial charge on any atom is 0.472 e. The number of esters is 1. The number of unbranched alkanes of at least 4 members (excludes halogenated alkanes) is 48. The van der Waals surface area contributed by atoms with Crippen molar-refractivity contribution in [2.24, 2.45) is 0 Å². The molecule has 0 aliphatic rings. The Kier molecular flexibility index (Phi) is 60.4. The van der Waals surface area contributed by atoms with Gasteiger partial charge in [-0.15, -0.1) is 0 Å². The van der Waals surface area contributed by atoms with E-state index in [0.29, 0.717) is 23.9 Å². The number of amides is 1. The number of quaternary nitrogens is 1. The average molecular weight is 1160 g/mol. The molecule has 9 nitrogen and oxygen atoms in total. The molecular weight excluding hydrogens is 1020 g/mol. The number of phosphoric ester groups is 1. The highest BCUT2D eigenvalue weighted by Gasteiger charge is 2.30. The van der Waals surface area contributed by atoms with E-state index in [1.807, 2.05) is 27.2 Å². The molecule has 0 heterocycles. The Balaban J connectivity index is 5.09. The molecule has 0 aromatic heterocycles. The summed E-state index contributed by atoms with van der Waals surface area (Å²) in [5, 5.41) is 3.08. The van der Waals surface area contributed by atoms with Crippen molar-refractivity contribution in [3.8, 4) is 0 Å². The van der Waals surface area contributed by atoms with Crippen LogP contribution in [0.1, 0.15) is 367 Å². The number of carbonyl (C=O) groups excluding carboxylic acids is 2. The van der Waals surface area contributed by atoms with E-state index in [4.69, 9.17) is 13.8 Å². The lowest BCUT2D eigenvalue weighted by Gasteiger charge is -2.27. The number of rotatable bonds is 66. The molecule has 0 spiro atoms. The van der Waals surface area contributed by atoms with Gasteiger partial charge in [0.15, 0.2) is 0 Å². The summed E-state index contributed by atoms with van der Waals surface area (Å²) in [5.74, 6) is -0.482. The van der Waals surface area contributed by atoms with Gasteiger partial charge in [-0.25, -0.2) is 4.57 Å². The predicted molar refractivity (Wildman–Crippen MR) is 351 cm³/mol. The van der Waals surface area contributed by atoms with E-state index in [1.165, 1.54) is 276 Å². The highest BCUT2D eigenvalue weighted by atomic mass is 31.2. The van der Waals surface area contributed by atoms with Crippen LogP contribution < -0.4 is 5.32 Å². The lowest BCUT2D eigenvalue weighted by molar-refractivity contribution is -0.870. The first-order valence-corrected chi connectivity index (χ1v) is 37.2. The highest BCUT2D eigenvalue weighted by Crippen LogP contribution is 2.43. The molecule has 0 aromatic carbocycles. The first kappa shape index (κ1) is 79.5. The number of hydrogen-bond donors (Lipinski definition) is 2. The molecule has 0 saturated heterocycles. The largest absolute Gasteiger partial charge is 0.472 e. The Morgan fingerprint density at radius 3 is 1.05 bits per heavy atom. The third-order valence-corrected chi connectivity index (χ3v) is 17.4. The fraction of sp³-hybridized carbons (Fsp3) is 0.915. The van der Waals surface area contributed by atoms with E-state index in [1.54, 1.807) is 0 Å². The monoisotopic (exact) mass is 1160 g/mol. The van der Waals surface area contributed by atoms with Crippen LogP contribution in [-0.2, 0) is 27.9 Å². The predicted octanol–water partition coefficient (Wildman–Crippen LogP) is 22.5. The van der Waals surface area contributed by atoms with Gasteiger partial charge in [-0.1, -0.05) is 322 Å². The van der Waals surface area contributed by atoms with E-state index in [2.05, 4.69) is 44.3 Å². The summed E-state index contributed by atoms with van der Waals surface area (Å²) < 4.78 is 30.9. The van der Waals surface area contributed by atoms with E-state index >= 15 is 0 Å². The van der Waals surface area contributed by atoms with Gasteiger partial charge in [0.1, 0.15) is 19.3 Å². The maximum absolute atomic E-state index is 13.6. The third-order valence-electron chi connectivity index (χ3n) is 16.4. The van der Waals surface area contributed by atoms with Crippen LogP contribution in [-0.4, -0.2) is 74.3 Å². The summed E-state index contributed by atoms with van der Waals surface area (Å²) in [4.78, 5) is 37.9. The molecule has 0 rings (SSSR count). The molecule has 0 aliphatic heterocycles.